The zero-order chi connectivity index (χ0) is 13.4. The molecule has 2 aromatic heterocycles. The maximum Gasteiger partial charge on any atom is 0.137 e. The van der Waals surface area contributed by atoms with Gasteiger partial charge >= 0.3 is 0 Å². The van der Waals surface area contributed by atoms with Crippen LogP contribution in [0.2, 0.25) is 0 Å². The molecule has 0 spiro atoms. The number of aromatic nitrogens is 2. The Kier molecular flexibility index (Phi) is 2.76. The molecular formula is C14H11F2N3. The molecule has 2 heterocycles. The van der Waals surface area contributed by atoms with Gasteiger partial charge in [-0.2, -0.15) is 0 Å². The summed E-state index contributed by atoms with van der Waals surface area (Å²) in [5.41, 5.74) is 7.69. The van der Waals surface area contributed by atoms with E-state index in [-0.39, 0.29) is 5.56 Å². The number of nitrogens with two attached hydrogens (primary N) is 1. The number of hydrogen-bond donors (Lipinski definition) is 1. The molecule has 2 N–H and O–H groups in total. The Labute approximate surface area is 108 Å². The molecule has 96 valence electrons. The maximum atomic E-state index is 13.7. The van der Waals surface area contributed by atoms with Crippen LogP contribution in [0.4, 0.5) is 8.78 Å². The van der Waals surface area contributed by atoms with Gasteiger partial charge in [0.25, 0.3) is 0 Å². The minimum atomic E-state index is -0.496. The number of hydrogen-bond acceptors (Lipinski definition) is 2. The lowest BCUT2D eigenvalue weighted by Gasteiger charge is -1.98. The van der Waals surface area contributed by atoms with E-state index in [9.17, 15) is 8.78 Å². The molecule has 19 heavy (non-hydrogen) atoms. The van der Waals surface area contributed by atoms with Gasteiger partial charge in [0.2, 0.25) is 0 Å². The van der Waals surface area contributed by atoms with E-state index < -0.39 is 11.6 Å². The van der Waals surface area contributed by atoms with Crippen molar-refractivity contribution in [2.45, 2.75) is 6.54 Å². The van der Waals surface area contributed by atoms with Crippen molar-refractivity contribution in [2.75, 3.05) is 0 Å². The van der Waals surface area contributed by atoms with Crippen molar-refractivity contribution in [1.29, 1.82) is 0 Å². The molecule has 0 saturated carbocycles. The van der Waals surface area contributed by atoms with Gasteiger partial charge in [0, 0.05) is 24.5 Å². The van der Waals surface area contributed by atoms with Crippen molar-refractivity contribution >= 4 is 5.65 Å². The van der Waals surface area contributed by atoms with E-state index in [4.69, 9.17) is 5.73 Å². The predicted molar refractivity (Wildman–Crippen MR) is 68.4 cm³/mol. The van der Waals surface area contributed by atoms with E-state index in [2.05, 4.69) is 4.98 Å². The van der Waals surface area contributed by atoms with Crippen LogP contribution in [0.3, 0.4) is 0 Å². The molecule has 0 fully saturated rings. The zero-order valence-corrected chi connectivity index (χ0v) is 9.98. The smallest absolute Gasteiger partial charge is 0.137 e. The van der Waals surface area contributed by atoms with Gasteiger partial charge in [0.15, 0.2) is 0 Å². The largest absolute Gasteiger partial charge is 0.326 e. The standard InChI is InChI=1S/C14H11F2N3/c15-10-1-2-12(16)11(6-10)13-8-19-4-3-9(7-17)5-14(19)18-13/h1-6,8H,7,17H2. The molecule has 1 aromatic carbocycles. The summed E-state index contributed by atoms with van der Waals surface area (Å²) in [4.78, 5) is 4.29. The van der Waals surface area contributed by atoms with E-state index in [1.54, 1.807) is 16.8 Å². The molecule has 0 unspecified atom stereocenters. The lowest BCUT2D eigenvalue weighted by Crippen LogP contribution is -1.96. The number of benzene rings is 1. The van der Waals surface area contributed by atoms with Crippen molar-refractivity contribution in [1.82, 2.24) is 9.38 Å². The lowest BCUT2D eigenvalue weighted by molar-refractivity contribution is 0.603. The average molecular weight is 259 g/mol. The first-order valence-electron chi connectivity index (χ1n) is 5.80. The summed E-state index contributed by atoms with van der Waals surface area (Å²) in [6.45, 7) is 0.410. The summed E-state index contributed by atoms with van der Waals surface area (Å²) in [5.74, 6) is -0.986. The van der Waals surface area contributed by atoms with Crippen LogP contribution in [0.15, 0.2) is 42.7 Å². The van der Waals surface area contributed by atoms with Gasteiger partial charge in [-0.25, -0.2) is 13.8 Å². The Bertz CT molecular complexity index is 750. The predicted octanol–water partition coefficient (Wildman–Crippen LogP) is 2.74. The van der Waals surface area contributed by atoms with E-state index >= 15 is 0 Å². The summed E-state index contributed by atoms with van der Waals surface area (Å²) in [6.07, 6.45) is 3.46. The molecule has 0 saturated heterocycles. The highest BCUT2D eigenvalue weighted by atomic mass is 19.1. The summed E-state index contributed by atoms with van der Waals surface area (Å²) < 4.78 is 28.6. The number of nitrogens with zero attached hydrogens (tertiary/aromatic N) is 2. The summed E-state index contributed by atoms with van der Waals surface area (Å²) in [6, 6.07) is 7.00. The van der Waals surface area contributed by atoms with Gasteiger partial charge < -0.3 is 10.1 Å². The monoisotopic (exact) mass is 259 g/mol. The molecule has 0 atom stereocenters. The van der Waals surface area contributed by atoms with Gasteiger partial charge in [0.05, 0.1) is 5.69 Å². The second-order valence-electron chi connectivity index (χ2n) is 4.25. The van der Waals surface area contributed by atoms with Gasteiger partial charge in [-0.05, 0) is 35.9 Å². The highest BCUT2D eigenvalue weighted by Crippen LogP contribution is 2.23. The topological polar surface area (TPSA) is 43.3 Å². The number of pyridine rings is 1. The zero-order valence-electron chi connectivity index (χ0n) is 9.98. The van der Waals surface area contributed by atoms with Crippen molar-refractivity contribution in [3.63, 3.8) is 0 Å². The molecule has 5 heteroatoms. The van der Waals surface area contributed by atoms with Crippen molar-refractivity contribution < 1.29 is 8.78 Å². The van der Waals surface area contributed by atoms with Crippen LogP contribution >= 0.6 is 0 Å². The fraction of sp³-hybridized carbons (Fsp3) is 0.0714. The van der Waals surface area contributed by atoms with Crippen LogP contribution in [0.1, 0.15) is 5.56 Å². The lowest BCUT2D eigenvalue weighted by atomic mass is 10.1. The second-order valence-corrected chi connectivity index (χ2v) is 4.25. The second kappa shape index (κ2) is 4.44. The van der Waals surface area contributed by atoms with Gasteiger partial charge in [0.1, 0.15) is 17.3 Å². The first-order valence-corrected chi connectivity index (χ1v) is 5.80. The van der Waals surface area contributed by atoms with Crippen molar-refractivity contribution in [3.05, 3.63) is 59.9 Å². The maximum absolute atomic E-state index is 13.7. The highest BCUT2D eigenvalue weighted by Gasteiger charge is 2.10. The van der Waals surface area contributed by atoms with E-state index in [0.29, 0.717) is 17.9 Å². The highest BCUT2D eigenvalue weighted by molar-refractivity contribution is 5.63. The molecule has 0 aliphatic rings. The first-order chi connectivity index (χ1) is 9.17. The first kappa shape index (κ1) is 11.8. The summed E-state index contributed by atoms with van der Waals surface area (Å²) >= 11 is 0. The third-order valence-electron chi connectivity index (χ3n) is 2.96. The van der Waals surface area contributed by atoms with E-state index in [0.717, 1.165) is 23.8 Å². The van der Waals surface area contributed by atoms with Gasteiger partial charge in [-0.1, -0.05) is 0 Å². The van der Waals surface area contributed by atoms with Crippen molar-refractivity contribution in [3.8, 4) is 11.3 Å². The average Bonchev–Trinajstić information content (AvgIpc) is 2.83. The van der Waals surface area contributed by atoms with Crippen LogP contribution in [0, 0.1) is 11.6 Å². The molecule has 3 nitrogen and oxygen atoms in total. The Balaban J connectivity index is 2.17. The molecule has 0 bridgehead atoms. The summed E-state index contributed by atoms with van der Waals surface area (Å²) in [7, 11) is 0. The molecule has 0 amide bonds. The number of halogens is 2. The normalized spacial score (nSPS) is 11.1. The summed E-state index contributed by atoms with van der Waals surface area (Å²) in [5, 5.41) is 0. The Morgan fingerprint density at radius 1 is 1.16 bits per heavy atom. The Morgan fingerprint density at radius 2 is 2.00 bits per heavy atom. The Morgan fingerprint density at radius 3 is 2.79 bits per heavy atom. The quantitative estimate of drug-likeness (QED) is 0.769. The minimum Gasteiger partial charge on any atom is -0.326 e. The number of fused-ring (bicyclic) bond motifs is 1. The SMILES string of the molecule is NCc1ccn2cc(-c3cc(F)ccc3F)nc2c1. The molecule has 0 radical (unpaired) electrons. The minimum absolute atomic E-state index is 0.151. The molecule has 0 aliphatic carbocycles. The van der Waals surface area contributed by atoms with E-state index in [1.807, 2.05) is 12.1 Å². The van der Waals surface area contributed by atoms with Crippen LogP contribution in [-0.2, 0) is 6.54 Å². The van der Waals surface area contributed by atoms with Crippen LogP contribution in [0.5, 0.6) is 0 Å². The number of rotatable bonds is 2. The third kappa shape index (κ3) is 2.08. The Hall–Kier alpha value is -2.27. The third-order valence-corrected chi connectivity index (χ3v) is 2.96. The van der Waals surface area contributed by atoms with Crippen molar-refractivity contribution in [2.24, 2.45) is 5.73 Å². The fourth-order valence-electron chi connectivity index (χ4n) is 1.97. The van der Waals surface area contributed by atoms with Gasteiger partial charge in [-0.15, -0.1) is 0 Å². The molecule has 0 aliphatic heterocycles. The molecular weight excluding hydrogens is 248 g/mol. The molecule has 3 rings (SSSR count). The van der Waals surface area contributed by atoms with Crippen LogP contribution < -0.4 is 5.73 Å². The molecule has 3 aromatic rings. The van der Waals surface area contributed by atoms with E-state index in [1.165, 1.54) is 0 Å². The fourth-order valence-corrected chi connectivity index (χ4v) is 1.97. The van der Waals surface area contributed by atoms with Crippen LogP contribution in [-0.4, -0.2) is 9.38 Å². The van der Waals surface area contributed by atoms with Gasteiger partial charge in [-0.3, -0.25) is 0 Å². The number of imidazole rings is 1. The van der Waals surface area contributed by atoms with Crippen LogP contribution in [0.25, 0.3) is 16.9 Å².